The van der Waals surface area contributed by atoms with E-state index in [1.807, 2.05) is 0 Å². The van der Waals surface area contributed by atoms with E-state index in [0.717, 1.165) is 0 Å². The normalized spacial score (nSPS) is 20.1. The number of hydrogen-bond acceptors (Lipinski definition) is 2. The number of halogens is 3. The Morgan fingerprint density at radius 1 is 1.41 bits per heavy atom. The SMILES string of the molecule is NCC1CC(=O)N(c2cc(Cl)c(F)c(Cl)c2)C1. The Bertz CT molecular complexity index is 444. The highest BCUT2D eigenvalue weighted by atomic mass is 35.5. The van der Waals surface area contributed by atoms with Gasteiger partial charge in [0.05, 0.1) is 10.0 Å². The van der Waals surface area contributed by atoms with E-state index in [1.165, 1.54) is 17.0 Å². The summed E-state index contributed by atoms with van der Waals surface area (Å²) in [6, 6.07) is 2.80. The van der Waals surface area contributed by atoms with Gasteiger partial charge in [-0.25, -0.2) is 4.39 Å². The summed E-state index contributed by atoms with van der Waals surface area (Å²) in [5.74, 6) is -0.580. The summed E-state index contributed by atoms with van der Waals surface area (Å²) in [5, 5.41) is -0.173. The first-order valence-corrected chi connectivity index (χ1v) is 5.93. The lowest BCUT2D eigenvalue weighted by molar-refractivity contribution is -0.117. The lowest BCUT2D eigenvalue weighted by Crippen LogP contribution is -2.25. The molecule has 0 radical (unpaired) electrons. The van der Waals surface area contributed by atoms with E-state index < -0.39 is 5.82 Å². The molecular weight excluding hydrogens is 266 g/mol. The Labute approximate surface area is 108 Å². The molecule has 0 aromatic heterocycles. The molecular formula is C11H11Cl2FN2O. The molecule has 2 rings (SSSR count). The van der Waals surface area contributed by atoms with Gasteiger partial charge in [-0.15, -0.1) is 0 Å². The van der Waals surface area contributed by atoms with Crippen molar-refractivity contribution >= 4 is 34.8 Å². The fourth-order valence-electron chi connectivity index (χ4n) is 1.89. The maximum Gasteiger partial charge on any atom is 0.227 e. The van der Waals surface area contributed by atoms with E-state index in [1.54, 1.807) is 0 Å². The van der Waals surface area contributed by atoms with Crippen LogP contribution in [0, 0.1) is 11.7 Å². The molecule has 0 bridgehead atoms. The zero-order valence-corrected chi connectivity index (χ0v) is 10.4. The molecule has 92 valence electrons. The molecule has 1 heterocycles. The number of nitrogens with zero attached hydrogens (tertiary/aromatic N) is 1. The molecule has 6 heteroatoms. The quantitative estimate of drug-likeness (QED) is 0.844. The molecule has 1 fully saturated rings. The van der Waals surface area contributed by atoms with Gasteiger partial charge in [0.25, 0.3) is 0 Å². The van der Waals surface area contributed by atoms with Crippen LogP contribution in [0.25, 0.3) is 0 Å². The number of hydrogen-bond donors (Lipinski definition) is 1. The van der Waals surface area contributed by atoms with Gasteiger partial charge in [0.2, 0.25) is 5.91 Å². The Morgan fingerprint density at radius 3 is 2.47 bits per heavy atom. The second-order valence-corrected chi connectivity index (χ2v) is 4.85. The molecule has 1 saturated heterocycles. The Balaban J connectivity index is 2.32. The predicted octanol–water partition coefficient (Wildman–Crippen LogP) is 2.44. The summed E-state index contributed by atoms with van der Waals surface area (Å²) < 4.78 is 13.3. The van der Waals surface area contributed by atoms with Gasteiger partial charge in [0.15, 0.2) is 5.82 Å². The summed E-state index contributed by atoms with van der Waals surface area (Å²) in [7, 11) is 0. The topological polar surface area (TPSA) is 46.3 Å². The Morgan fingerprint density at radius 2 is 2.00 bits per heavy atom. The number of anilines is 1. The zero-order valence-electron chi connectivity index (χ0n) is 8.92. The van der Waals surface area contributed by atoms with E-state index in [9.17, 15) is 9.18 Å². The highest BCUT2D eigenvalue weighted by molar-refractivity contribution is 6.35. The number of benzene rings is 1. The average molecular weight is 277 g/mol. The van der Waals surface area contributed by atoms with Crippen LogP contribution < -0.4 is 10.6 Å². The molecule has 0 spiro atoms. The van der Waals surface area contributed by atoms with Crippen LogP contribution in [0.1, 0.15) is 6.42 Å². The van der Waals surface area contributed by atoms with Gasteiger partial charge in [0, 0.05) is 18.7 Å². The second-order valence-electron chi connectivity index (χ2n) is 4.03. The van der Waals surface area contributed by atoms with Crippen LogP contribution in [-0.4, -0.2) is 19.0 Å². The second kappa shape index (κ2) is 4.80. The van der Waals surface area contributed by atoms with Crippen molar-refractivity contribution in [2.24, 2.45) is 11.7 Å². The minimum Gasteiger partial charge on any atom is -0.330 e. The number of amides is 1. The third-order valence-corrected chi connectivity index (χ3v) is 3.37. The van der Waals surface area contributed by atoms with Gasteiger partial charge in [0.1, 0.15) is 0 Å². The largest absolute Gasteiger partial charge is 0.330 e. The molecule has 1 atom stereocenters. The van der Waals surface area contributed by atoms with E-state index in [0.29, 0.717) is 25.2 Å². The van der Waals surface area contributed by atoms with Gasteiger partial charge in [-0.05, 0) is 24.6 Å². The first-order valence-electron chi connectivity index (χ1n) is 5.18. The number of carbonyl (C=O) groups is 1. The first-order chi connectivity index (χ1) is 8.02. The minimum atomic E-state index is -0.667. The molecule has 1 aromatic carbocycles. The Hall–Kier alpha value is -0.840. The van der Waals surface area contributed by atoms with Crippen molar-refractivity contribution in [3.8, 4) is 0 Å². The maximum absolute atomic E-state index is 13.3. The van der Waals surface area contributed by atoms with Crippen molar-refractivity contribution in [3.63, 3.8) is 0 Å². The van der Waals surface area contributed by atoms with Crippen molar-refractivity contribution in [2.75, 3.05) is 18.0 Å². The van der Waals surface area contributed by atoms with E-state index >= 15 is 0 Å². The molecule has 2 N–H and O–H groups in total. The van der Waals surface area contributed by atoms with E-state index in [-0.39, 0.29) is 21.9 Å². The number of nitrogens with two attached hydrogens (primary N) is 1. The molecule has 17 heavy (non-hydrogen) atoms. The third-order valence-electron chi connectivity index (χ3n) is 2.82. The molecule has 1 aromatic rings. The fourth-order valence-corrected chi connectivity index (χ4v) is 2.36. The molecule has 1 unspecified atom stereocenters. The van der Waals surface area contributed by atoms with Crippen LogP contribution in [0.15, 0.2) is 12.1 Å². The molecule has 1 aliphatic rings. The lowest BCUT2D eigenvalue weighted by Gasteiger charge is -2.17. The van der Waals surface area contributed by atoms with E-state index in [2.05, 4.69) is 0 Å². The number of rotatable bonds is 2. The third kappa shape index (κ3) is 2.39. The van der Waals surface area contributed by atoms with Gasteiger partial charge in [-0.1, -0.05) is 23.2 Å². The van der Waals surface area contributed by atoms with Crippen molar-refractivity contribution in [1.29, 1.82) is 0 Å². The standard InChI is InChI=1S/C11H11Cl2FN2O/c12-8-2-7(3-9(13)11(8)14)16-5-6(4-15)1-10(16)17/h2-3,6H,1,4-5,15H2. The van der Waals surface area contributed by atoms with Crippen LogP contribution in [0.5, 0.6) is 0 Å². The van der Waals surface area contributed by atoms with Gasteiger partial charge >= 0.3 is 0 Å². The maximum atomic E-state index is 13.3. The first kappa shape index (κ1) is 12.6. The Kier molecular flexibility index (Phi) is 3.56. The summed E-state index contributed by atoms with van der Waals surface area (Å²) in [6.07, 6.45) is 0.406. The van der Waals surface area contributed by atoms with Crippen LogP contribution >= 0.6 is 23.2 Å². The fraction of sp³-hybridized carbons (Fsp3) is 0.364. The van der Waals surface area contributed by atoms with Crippen LogP contribution in [0.4, 0.5) is 10.1 Å². The van der Waals surface area contributed by atoms with Crippen molar-refractivity contribution in [3.05, 3.63) is 28.0 Å². The average Bonchev–Trinajstić information content (AvgIpc) is 2.67. The number of carbonyl (C=O) groups excluding carboxylic acids is 1. The molecule has 3 nitrogen and oxygen atoms in total. The van der Waals surface area contributed by atoms with Crippen LogP contribution in [0.3, 0.4) is 0 Å². The van der Waals surface area contributed by atoms with Gasteiger partial charge < -0.3 is 10.6 Å². The van der Waals surface area contributed by atoms with Crippen molar-refractivity contribution in [1.82, 2.24) is 0 Å². The molecule has 1 aliphatic heterocycles. The predicted molar refractivity (Wildman–Crippen MR) is 65.9 cm³/mol. The smallest absolute Gasteiger partial charge is 0.227 e. The summed E-state index contributed by atoms with van der Waals surface area (Å²) in [6.45, 7) is 0.971. The zero-order chi connectivity index (χ0) is 12.6. The van der Waals surface area contributed by atoms with Crippen LogP contribution in [-0.2, 0) is 4.79 Å². The molecule has 0 aliphatic carbocycles. The van der Waals surface area contributed by atoms with Crippen molar-refractivity contribution < 1.29 is 9.18 Å². The summed E-state index contributed by atoms with van der Waals surface area (Å²) >= 11 is 11.4. The van der Waals surface area contributed by atoms with E-state index in [4.69, 9.17) is 28.9 Å². The van der Waals surface area contributed by atoms with Gasteiger partial charge in [-0.3, -0.25) is 4.79 Å². The molecule has 1 amide bonds. The lowest BCUT2D eigenvalue weighted by atomic mass is 10.1. The highest BCUT2D eigenvalue weighted by Gasteiger charge is 2.30. The highest BCUT2D eigenvalue weighted by Crippen LogP contribution is 2.32. The summed E-state index contributed by atoms with van der Waals surface area (Å²) in [4.78, 5) is 13.3. The monoisotopic (exact) mass is 276 g/mol. The van der Waals surface area contributed by atoms with Crippen molar-refractivity contribution in [2.45, 2.75) is 6.42 Å². The van der Waals surface area contributed by atoms with Gasteiger partial charge in [-0.2, -0.15) is 0 Å². The molecule has 0 saturated carbocycles. The van der Waals surface area contributed by atoms with Crippen LogP contribution in [0.2, 0.25) is 10.0 Å². The summed E-state index contributed by atoms with van der Waals surface area (Å²) in [5.41, 5.74) is 6.05. The minimum absolute atomic E-state index is 0.0424.